The van der Waals surface area contributed by atoms with Crippen LogP contribution < -0.4 is 57.6 Å². The van der Waals surface area contributed by atoms with E-state index in [0.29, 0.717) is 23.8 Å². The number of carbonyl (C=O) groups is 7. The minimum absolute atomic E-state index is 0.0239. The van der Waals surface area contributed by atoms with Crippen molar-refractivity contribution < 1.29 is 98.5 Å². The van der Waals surface area contributed by atoms with Gasteiger partial charge in [0.05, 0.1) is 16.7 Å². The van der Waals surface area contributed by atoms with E-state index in [1.54, 1.807) is 6.92 Å². The topological polar surface area (TPSA) is 463 Å². The van der Waals surface area contributed by atoms with E-state index in [-0.39, 0.29) is 91.6 Å². The Bertz CT molecular complexity index is 3930. The van der Waals surface area contributed by atoms with Gasteiger partial charge >= 0.3 is 0 Å². The molecule has 14 rings (SSSR count). The fourth-order valence-electron chi connectivity index (χ4n) is 14.4. The molecule has 1 saturated heterocycles. The number of amides is 7. The monoisotopic (exact) mass is 1400 g/mol. The highest BCUT2D eigenvalue weighted by atomic mass is 35.5. The minimum atomic E-state index is -2.19. The maximum Gasteiger partial charge on any atom is 0.248 e. The molecular weight excluding hydrogens is 1320 g/mol. The molecule has 5 fully saturated rings. The van der Waals surface area contributed by atoms with Crippen molar-refractivity contribution in [3.63, 3.8) is 0 Å². The summed E-state index contributed by atoms with van der Waals surface area (Å²) in [6.45, 7) is 4.37. The number of aromatic hydroxyl groups is 3. The highest BCUT2D eigenvalue weighted by molar-refractivity contribution is 6.32. The van der Waals surface area contributed by atoms with E-state index < -0.39 is 168 Å². The normalized spacial score (nSPS) is 29.5. The van der Waals surface area contributed by atoms with Crippen molar-refractivity contribution in [3.8, 4) is 57.1 Å². The van der Waals surface area contributed by atoms with Gasteiger partial charge in [-0.15, -0.1) is 0 Å². The predicted octanol–water partition coefficient (Wildman–Crippen LogP) is 3.06. The molecule has 18 unspecified atom stereocenters. The molecule has 5 aromatic carbocycles. The number of hydrogen-bond acceptors (Lipinski definition) is 21. The smallest absolute Gasteiger partial charge is 0.248 e. The molecule has 0 radical (unpaired) electrons. The van der Waals surface area contributed by atoms with E-state index in [1.807, 2.05) is 13.8 Å². The van der Waals surface area contributed by atoms with Gasteiger partial charge in [0.25, 0.3) is 0 Å². The molecule has 28 nitrogen and oxygen atoms in total. The maximum absolute atomic E-state index is 15.7. The number of nitrogens with two attached hydrogens (primary N) is 2. The minimum Gasteiger partial charge on any atom is -0.508 e. The van der Waals surface area contributed by atoms with Gasteiger partial charge in [0, 0.05) is 42.0 Å². The predicted molar refractivity (Wildman–Crippen MR) is 348 cm³/mol. The molecule has 98 heavy (non-hydrogen) atoms. The summed E-state index contributed by atoms with van der Waals surface area (Å²) in [5.41, 5.74) is 11.0. The Kier molecular flexibility index (Phi) is 21.0. The molecule has 524 valence electrons. The molecule has 19 N–H and O–H groups in total. The van der Waals surface area contributed by atoms with Crippen LogP contribution in [0.5, 0.6) is 46.0 Å². The first kappa shape index (κ1) is 70.8. The van der Waals surface area contributed by atoms with Gasteiger partial charge in [0.2, 0.25) is 53.4 Å². The van der Waals surface area contributed by atoms with Crippen LogP contribution in [0, 0.1) is 35.5 Å². The third kappa shape index (κ3) is 14.9. The SMILES string of the molecule is CC(C)CCC(=O)NC1C(=O)NC(CC(N)O)C(=O)NC2C(=O)NC(C(N)=O)c3ccc(O)c(c3)-c3c(O)cc(O)cc3C(C(=O)NC3C4CC5CC(C4)C3C5)NC(=O)C(C)Cc3ccc(c(Cl)c3)Oc3cc2cc(c3OC2OC(CO)C(O)C(O)C2O)Oc2ccc(cc2Cl)C1O. The molecule has 5 heterocycles. The van der Waals surface area contributed by atoms with Gasteiger partial charge in [-0.05, 0) is 151 Å². The van der Waals surface area contributed by atoms with E-state index in [1.165, 1.54) is 42.5 Å². The van der Waals surface area contributed by atoms with Crippen LogP contribution in [0.15, 0.2) is 78.9 Å². The summed E-state index contributed by atoms with van der Waals surface area (Å²) >= 11 is 14.1. The molecule has 4 saturated carbocycles. The lowest BCUT2D eigenvalue weighted by Crippen LogP contribution is -2.60. The molecule has 13 bridgehead atoms. The summed E-state index contributed by atoms with van der Waals surface area (Å²) in [4.78, 5) is 103. The lowest BCUT2D eigenvalue weighted by atomic mass is 9.79. The number of carbonyl (C=O) groups excluding carboxylic acids is 7. The molecular formula is C68H78Cl2N8O20. The lowest BCUT2D eigenvalue weighted by Gasteiger charge is -2.39. The summed E-state index contributed by atoms with van der Waals surface area (Å²) in [7, 11) is 0. The van der Waals surface area contributed by atoms with E-state index in [0.717, 1.165) is 62.1 Å². The number of halogens is 2. The summed E-state index contributed by atoms with van der Waals surface area (Å²) in [6.07, 6.45) is -10.3. The molecule has 0 aromatic heterocycles. The Morgan fingerprint density at radius 1 is 0.704 bits per heavy atom. The molecule has 18 atom stereocenters. The van der Waals surface area contributed by atoms with Gasteiger partial charge in [0.1, 0.15) is 95.7 Å². The Morgan fingerprint density at radius 2 is 1.38 bits per heavy atom. The third-order valence-electron chi connectivity index (χ3n) is 19.3. The van der Waals surface area contributed by atoms with Crippen LogP contribution in [0.1, 0.15) is 118 Å². The van der Waals surface area contributed by atoms with Crippen LogP contribution >= 0.6 is 23.2 Å². The largest absolute Gasteiger partial charge is 0.508 e. The summed E-state index contributed by atoms with van der Waals surface area (Å²) in [5.74, 6) is -10.9. The first-order valence-corrected chi connectivity index (χ1v) is 33.0. The van der Waals surface area contributed by atoms with E-state index in [2.05, 4.69) is 31.9 Å². The van der Waals surface area contributed by atoms with Crippen molar-refractivity contribution in [2.75, 3.05) is 6.61 Å². The summed E-state index contributed by atoms with van der Waals surface area (Å²) in [6, 6.07) is 5.59. The highest BCUT2D eigenvalue weighted by Crippen LogP contribution is 2.58. The van der Waals surface area contributed by atoms with Crippen LogP contribution in [0.2, 0.25) is 10.0 Å². The molecule has 7 amide bonds. The number of ether oxygens (including phenoxy) is 4. The number of rotatable bonds is 12. The quantitative estimate of drug-likeness (QED) is 0.0798. The summed E-state index contributed by atoms with van der Waals surface area (Å²) in [5, 5.41) is 117. The van der Waals surface area contributed by atoms with Crippen LogP contribution in [0.4, 0.5) is 0 Å². The van der Waals surface area contributed by atoms with Gasteiger partial charge in [-0.2, -0.15) is 0 Å². The zero-order valence-electron chi connectivity index (χ0n) is 53.3. The Balaban J connectivity index is 1.11. The number of nitrogens with one attached hydrogen (secondary N) is 6. The average Bonchev–Trinajstić information content (AvgIpc) is 1.47. The molecule has 9 aliphatic rings. The van der Waals surface area contributed by atoms with Gasteiger partial charge in [0.15, 0.2) is 11.5 Å². The number of benzene rings is 5. The number of phenols is 3. The van der Waals surface area contributed by atoms with Crippen molar-refractivity contribution in [3.05, 3.63) is 117 Å². The molecule has 0 spiro atoms. The fraction of sp³-hybridized carbons (Fsp3) is 0.456. The number of fused-ring (bicyclic) bond motifs is 16. The van der Waals surface area contributed by atoms with Crippen molar-refractivity contribution >= 4 is 64.6 Å². The lowest BCUT2D eigenvalue weighted by molar-refractivity contribution is -0.277. The number of aliphatic hydroxyl groups is 6. The Labute approximate surface area is 571 Å². The second-order valence-electron chi connectivity index (χ2n) is 26.7. The zero-order valence-corrected chi connectivity index (χ0v) is 54.8. The van der Waals surface area contributed by atoms with Crippen LogP contribution in [0.25, 0.3) is 11.1 Å². The molecule has 5 aromatic rings. The van der Waals surface area contributed by atoms with Crippen molar-refractivity contribution in [1.82, 2.24) is 31.9 Å². The van der Waals surface area contributed by atoms with E-state index in [9.17, 15) is 65.1 Å². The second kappa shape index (κ2) is 29.1. The number of hydrogen-bond donors (Lipinski definition) is 17. The van der Waals surface area contributed by atoms with E-state index >= 15 is 14.4 Å². The van der Waals surface area contributed by atoms with Crippen LogP contribution in [-0.4, -0.2) is 149 Å². The first-order chi connectivity index (χ1) is 46.5. The summed E-state index contributed by atoms with van der Waals surface area (Å²) < 4.78 is 25.2. The van der Waals surface area contributed by atoms with Crippen molar-refractivity contribution in [1.29, 1.82) is 0 Å². The molecule has 4 aliphatic carbocycles. The molecule has 30 heteroatoms. The van der Waals surface area contributed by atoms with Gasteiger partial charge in [-0.3, -0.25) is 33.6 Å². The number of primary amides is 1. The van der Waals surface area contributed by atoms with Crippen LogP contribution in [0.3, 0.4) is 0 Å². The number of aliphatic hydroxyl groups excluding tert-OH is 6. The third-order valence-corrected chi connectivity index (χ3v) is 19.8. The standard InChI is InChI=1S/C68H78Cl2N8O20/c1-26(2)4-11-50(84)74-56-57(85)31-7-10-45(40(70)19-31)96-47-21-34-20-46(61(47)98-68-60(88)59(87)58(86)48(25-79)97-68)95-44-9-5-28(16-39(44)69)12-27(3)63(90)78-55(66(93)75-52-33-14-29-13-32(17-33)36(52)15-29)38-22-35(80)23-43(82)51(38)37-18-30(6-8-42(37)81)53(62(72)89)76-65(92)54(34)77-64(91)41(24-49(71)83)73-67(56)94/h5-10,16,18-23,26-27,29,32-33,36,41,48-49,52-60,68,79-83,85-88H,4,11-15,17,24-25,71H2,1-3H3,(H2,72,89)(H,73,94)(H,74,84)(H,75,93)(H,76,92)(H,77,91)(H,78,90). The van der Waals surface area contributed by atoms with Gasteiger partial charge < -0.3 is 108 Å². The zero-order chi connectivity index (χ0) is 70.5. The maximum atomic E-state index is 15.7. The van der Waals surface area contributed by atoms with Crippen molar-refractivity contribution in [2.24, 2.45) is 47.0 Å². The first-order valence-electron chi connectivity index (χ1n) is 32.2. The Morgan fingerprint density at radius 3 is 2.03 bits per heavy atom. The fourth-order valence-corrected chi connectivity index (χ4v) is 14.8. The van der Waals surface area contributed by atoms with Gasteiger partial charge in [-0.1, -0.05) is 62.2 Å². The highest BCUT2D eigenvalue weighted by Gasteiger charge is 2.55. The van der Waals surface area contributed by atoms with Gasteiger partial charge in [-0.25, -0.2) is 0 Å². The number of phenolic OH excluding ortho intramolecular Hbond substituents is 3. The average molecular weight is 1400 g/mol. The van der Waals surface area contributed by atoms with E-state index in [4.69, 9.17) is 53.6 Å². The Hall–Kier alpha value is -8.55. The molecule has 5 aliphatic heterocycles. The second-order valence-corrected chi connectivity index (χ2v) is 27.5. The van der Waals surface area contributed by atoms with Crippen molar-refractivity contribution in [2.45, 2.75) is 151 Å². The van der Waals surface area contributed by atoms with Crippen LogP contribution in [-0.2, 0) is 44.7 Å².